The van der Waals surface area contributed by atoms with Gasteiger partial charge in [-0.05, 0) is 36.5 Å². The number of aromatic nitrogens is 3. The number of anilines is 1. The van der Waals surface area contributed by atoms with Crippen molar-refractivity contribution < 1.29 is 14.3 Å². The van der Waals surface area contributed by atoms with Crippen LogP contribution >= 0.6 is 11.8 Å². The monoisotopic (exact) mass is 410 g/mol. The summed E-state index contributed by atoms with van der Waals surface area (Å²) in [6, 6.07) is 5.07. The van der Waals surface area contributed by atoms with E-state index >= 15 is 0 Å². The fraction of sp³-hybridized carbons (Fsp3) is 0.476. The van der Waals surface area contributed by atoms with E-state index in [0.717, 1.165) is 24.2 Å². The van der Waals surface area contributed by atoms with Gasteiger partial charge in [-0.1, -0.05) is 32.5 Å². The van der Waals surface area contributed by atoms with Gasteiger partial charge < -0.3 is 10.1 Å². The fourth-order valence-electron chi connectivity index (χ4n) is 4.89. The van der Waals surface area contributed by atoms with Crippen molar-refractivity contribution >= 4 is 29.1 Å². The van der Waals surface area contributed by atoms with Gasteiger partial charge in [0, 0.05) is 16.9 Å². The standard InChI is InChI=1S/C21H22N4O3S/c1-20(2)12-6-7-21(20,3)18-17(12)24-25-19(23-18)29-10-14(26)11-4-5-15-13(8-11)22-16(27)9-28-15/h4-5,8,12H,6-7,9-10H2,1-3H3,(H,22,27)/t12-,21+/m1/s1. The maximum atomic E-state index is 12.7. The Hall–Kier alpha value is -2.48. The zero-order valence-corrected chi connectivity index (χ0v) is 17.4. The second-order valence-electron chi connectivity index (χ2n) is 8.73. The Bertz CT molecular complexity index is 1050. The molecule has 8 heteroatoms. The molecule has 0 unspecified atom stereocenters. The largest absolute Gasteiger partial charge is 0.482 e. The summed E-state index contributed by atoms with van der Waals surface area (Å²) >= 11 is 1.30. The van der Waals surface area contributed by atoms with Crippen LogP contribution < -0.4 is 10.1 Å². The summed E-state index contributed by atoms with van der Waals surface area (Å²) in [5.41, 5.74) is 3.27. The number of carbonyl (C=O) groups is 2. The molecule has 1 aromatic heterocycles. The van der Waals surface area contributed by atoms with Crippen molar-refractivity contribution in [1.82, 2.24) is 15.2 Å². The number of carbonyl (C=O) groups excluding carboxylic acids is 2. The van der Waals surface area contributed by atoms with Crippen LogP contribution in [-0.2, 0) is 10.2 Å². The summed E-state index contributed by atoms with van der Waals surface area (Å²) in [6.07, 6.45) is 2.25. The van der Waals surface area contributed by atoms with Gasteiger partial charge in [-0.15, -0.1) is 5.10 Å². The SMILES string of the molecule is CC1(C)[C@@H]2CC[C@@]1(C)c1nc(SCC(=O)c3ccc4c(c3)NC(=O)CO4)nnc12. The van der Waals surface area contributed by atoms with Crippen LogP contribution in [-0.4, -0.2) is 39.2 Å². The predicted octanol–water partition coefficient (Wildman–Crippen LogP) is 3.35. The van der Waals surface area contributed by atoms with Gasteiger partial charge in [0.2, 0.25) is 5.16 Å². The second-order valence-corrected chi connectivity index (χ2v) is 9.68. The molecule has 0 radical (unpaired) electrons. The highest BCUT2D eigenvalue weighted by Crippen LogP contribution is 2.66. The smallest absolute Gasteiger partial charge is 0.262 e. The number of nitrogens with zero attached hydrogens (tertiary/aromatic N) is 3. The lowest BCUT2D eigenvalue weighted by Crippen LogP contribution is -2.32. The molecule has 5 rings (SSSR count). The van der Waals surface area contributed by atoms with Crippen LogP contribution in [0, 0.1) is 5.41 Å². The van der Waals surface area contributed by atoms with Crippen molar-refractivity contribution in [3.63, 3.8) is 0 Å². The van der Waals surface area contributed by atoms with Crippen LogP contribution in [0.1, 0.15) is 61.3 Å². The third kappa shape index (κ3) is 2.68. The van der Waals surface area contributed by atoms with Gasteiger partial charge in [0.25, 0.3) is 5.91 Å². The summed E-state index contributed by atoms with van der Waals surface area (Å²) in [5.74, 6) is 0.911. The van der Waals surface area contributed by atoms with Gasteiger partial charge in [0.15, 0.2) is 12.4 Å². The normalized spacial score (nSPS) is 25.8. The van der Waals surface area contributed by atoms with Crippen molar-refractivity contribution in [3.8, 4) is 5.75 Å². The highest BCUT2D eigenvalue weighted by molar-refractivity contribution is 7.99. The van der Waals surface area contributed by atoms with E-state index in [1.807, 2.05) is 0 Å². The summed E-state index contributed by atoms with van der Waals surface area (Å²) < 4.78 is 5.34. The Balaban J connectivity index is 1.33. The number of thioether (sulfide) groups is 1. The molecule has 150 valence electrons. The van der Waals surface area contributed by atoms with E-state index < -0.39 is 0 Å². The van der Waals surface area contributed by atoms with E-state index in [2.05, 4.69) is 36.3 Å². The van der Waals surface area contributed by atoms with Crippen LogP contribution in [0.2, 0.25) is 0 Å². The van der Waals surface area contributed by atoms with Gasteiger partial charge in [-0.2, -0.15) is 5.10 Å². The summed E-state index contributed by atoms with van der Waals surface area (Å²) in [6.45, 7) is 6.86. The first-order valence-electron chi connectivity index (χ1n) is 9.77. The number of Topliss-reactive ketones (excluding diaryl/α,β-unsaturated/α-hetero) is 1. The van der Waals surface area contributed by atoms with Crippen LogP contribution in [0.25, 0.3) is 0 Å². The molecule has 1 N–H and O–H groups in total. The molecular formula is C21H22N4O3S. The molecule has 1 aliphatic heterocycles. The Kier molecular flexibility index (Phi) is 4.00. The van der Waals surface area contributed by atoms with E-state index in [9.17, 15) is 9.59 Å². The number of rotatable bonds is 4. The van der Waals surface area contributed by atoms with E-state index in [1.54, 1.807) is 18.2 Å². The average molecular weight is 410 g/mol. The van der Waals surface area contributed by atoms with Crippen molar-refractivity contribution in [2.24, 2.45) is 5.41 Å². The first-order valence-corrected chi connectivity index (χ1v) is 10.8. The molecule has 2 aliphatic carbocycles. The lowest BCUT2D eigenvalue weighted by molar-refractivity contribution is -0.118. The average Bonchev–Trinajstić information content (AvgIpc) is 3.04. The number of hydrogen-bond acceptors (Lipinski definition) is 7. The van der Waals surface area contributed by atoms with Crippen molar-refractivity contribution in [1.29, 1.82) is 0 Å². The molecule has 2 atom stereocenters. The number of fused-ring (bicyclic) bond motifs is 6. The number of ether oxygens (including phenoxy) is 1. The Labute approximate surface area is 173 Å². The summed E-state index contributed by atoms with van der Waals surface area (Å²) in [7, 11) is 0. The third-order valence-corrected chi connectivity index (χ3v) is 7.88. The molecule has 2 bridgehead atoms. The van der Waals surface area contributed by atoms with Crippen LogP contribution in [0.15, 0.2) is 23.4 Å². The quantitative estimate of drug-likeness (QED) is 0.610. The zero-order chi connectivity index (χ0) is 20.4. The maximum absolute atomic E-state index is 12.7. The Morgan fingerprint density at radius 2 is 2.14 bits per heavy atom. The first kappa shape index (κ1) is 18.5. The van der Waals surface area contributed by atoms with Crippen LogP contribution in [0.3, 0.4) is 0 Å². The molecular weight excluding hydrogens is 388 g/mol. The van der Waals surface area contributed by atoms with Crippen molar-refractivity contribution in [3.05, 3.63) is 35.2 Å². The number of amides is 1. The van der Waals surface area contributed by atoms with Gasteiger partial charge in [0.1, 0.15) is 5.75 Å². The molecule has 0 saturated heterocycles. The lowest BCUT2D eigenvalue weighted by atomic mass is 9.70. The molecule has 29 heavy (non-hydrogen) atoms. The van der Waals surface area contributed by atoms with E-state index in [0.29, 0.717) is 28.1 Å². The minimum Gasteiger partial charge on any atom is -0.482 e. The highest BCUT2D eigenvalue weighted by Gasteiger charge is 2.61. The minimum atomic E-state index is -0.222. The number of hydrogen-bond donors (Lipinski definition) is 1. The predicted molar refractivity (Wildman–Crippen MR) is 109 cm³/mol. The molecule has 7 nitrogen and oxygen atoms in total. The molecule has 2 heterocycles. The topological polar surface area (TPSA) is 94.1 Å². The van der Waals surface area contributed by atoms with E-state index in [-0.39, 0.29) is 34.9 Å². The lowest BCUT2D eigenvalue weighted by Gasteiger charge is -2.33. The second kappa shape index (κ2) is 6.26. The van der Waals surface area contributed by atoms with Crippen molar-refractivity contribution in [2.75, 3.05) is 17.7 Å². The Morgan fingerprint density at radius 1 is 1.31 bits per heavy atom. The molecule has 1 saturated carbocycles. The number of nitrogens with one attached hydrogen (secondary N) is 1. The molecule has 1 fully saturated rings. The molecule has 1 aromatic carbocycles. The summed E-state index contributed by atoms with van der Waals surface area (Å²) in [5, 5.41) is 12.0. The first-order chi connectivity index (χ1) is 13.8. The Morgan fingerprint density at radius 3 is 2.97 bits per heavy atom. The number of benzene rings is 1. The maximum Gasteiger partial charge on any atom is 0.262 e. The van der Waals surface area contributed by atoms with Gasteiger partial charge in [-0.25, -0.2) is 4.98 Å². The van der Waals surface area contributed by atoms with E-state index in [1.165, 1.54) is 11.8 Å². The number of ketones is 1. The highest BCUT2D eigenvalue weighted by atomic mass is 32.2. The molecule has 1 amide bonds. The summed E-state index contributed by atoms with van der Waals surface area (Å²) in [4.78, 5) is 29.0. The molecule has 0 spiro atoms. The third-order valence-electron chi connectivity index (χ3n) is 7.04. The zero-order valence-electron chi connectivity index (χ0n) is 16.6. The van der Waals surface area contributed by atoms with Gasteiger partial charge in [0.05, 0.1) is 22.8 Å². The van der Waals surface area contributed by atoms with Crippen LogP contribution in [0.4, 0.5) is 5.69 Å². The van der Waals surface area contributed by atoms with Crippen LogP contribution in [0.5, 0.6) is 5.75 Å². The fourth-order valence-corrected chi connectivity index (χ4v) is 5.58. The van der Waals surface area contributed by atoms with Crippen molar-refractivity contribution in [2.45, 2.75) is 50.1 Å². The molecule has 3 aliphatic rings. The van der Waals surface area contributed by atoms with E-state index in [4.69, 9.17) is 9.72 Å². The molecule has 2 aromatic rings. The van der Waals surface area contributed by atoms with Gasteiger partial charge >= 0.3 is 0 Å². The minimum absolute atomic E-state index is 0.00457. The van der Waals surface area contributed by atoms with Gasteiger partial charge in [-0.3, -0.25) is 9.59 Å².